The van der Waals surface area contributed by atoms with Crippen LogP contribution in [-0.2, 0) is 9.59 Å². The summed E-state index contributed by atoms with van der Waals surface area (Å²) in [7, 11) is 3.93. The van der Waals surface area contributed by atoms with E-state index in [1.807, 2.05) is 116 Å². The molecule has 17 heteroatoms. The van der Waals surface area contributed by atoms with E-state index in [0.29, 0.717) is 50.6 Å². The van der Waals surface area contributed by atoms with Gasteiger partial charge in [0.1, 0.15) is 23.1 Å². The number of aromatic nitrogens is 3. The molecule has 4 heterocycles. The number of nitrogens with zero attached hydrogens (tertiary/aromatic N) is 12. The summed E-state index contributed by atoms with van der Waals surface area (Å²) in [5, 5.41) is 44.1. The molecule has 2 aliphatic rings. The summed E-state index contributed by atoms with van der Waals surface area (Å²) < 4.78 is 1.01. The van der Waals surface area contributed by atoms with Crippen molar-refractivity contribution < 1.29 is 19.8 Å². The van der Waals surface area contributed by atoms with Crippen LogP contribution in [0.15, 0.2) is 200 Å². The number of benzene rings is 6. The zero-order valence-electron chi connectivity index (χ0n) is 37.6. The first kappa shape index (κ1) is 44.4. The number of hydrogen-bond donors (Lipinski definition) is 2. The highest BCUT2D eigenvalue weighted by atomic mass is 35.5. The lowest BCUT2D eigenvalue weighted by molar-refractivity contribution is -0.114. The van der Waals surface area contributed by atoms with Gasteiger partial charge in [-0.1, -0.05) is 72.3 Å². The molecule has 2 N–H and O–H groups in total. The van der Waals surface area contributed by atoms with Crippen LogP contribution < -0.4 is 14.7 Å². The largest absolute Gasteiger partial charge is 0.492 e. The van der Waals surface area contributed by atoms with Crippen molar-refractivity contribution in [3.05, 3.63) is 202 Å². The lowest BCUT2D eigenvalue weighted by Gasteiger charge is -2.18. The molecule has 0 aliphatic carbocycles. The molecule has 6 aromatic carbocycles. The summed E-state index contributed by atoms with van der Waals surface area (Å²) in [5.74, 6) is -0.628. The zero-order chi connectivity index (χ0) is 48.5. The molecule has 0 saturated carbocycles. The smallest absolute Gasteiger partial charge is 0.282 e. The first-order chi connectivity index (χ1) is 34.0. The molecule has 8 aromatic rings. The number of aryl methyl sites for hydroxylation is 1. The maximum Gasteiger partial charge on any atom is 0.282 e. The lowest BCUT2D eigenvalue weighted by atomic mass is 10.1. The van der Waals surface area contributed by atoms with Crippen molar-refractivity contribution in [1.29, 1.82) is 0 Å². The van der Waals surface area contributed by atoms with E-state index in [2.05, 4.69) is 30.5 Å². The zero-order valence-corrected chi connectivity index (χ0v) is 38.4. The number of carbonyl (C=O) groups excluding carboxylic acids is 2. The van der Waals surface area contributed by atoms with Gasteiger partial charge in [-0.3, -0.25) is 19.4 Å². The van der Waals surface area contributed by atoms with Crippen LogP contribution in [0.1, 0.15) is 27.9 Å². The summed E-state index contributed by atoms with van der Waals surface area (Å²) in [5.41, 5.74) is 6.92. The standard InChI is InChI=1S/C53H39ClN12O4/c1-32-45(60-58-38-24-18-35(19-25-38)47-56-43(30-33-14-22-37(54)23-15-33)51(68)64(47)41-10-6-4-7-11-41)53(70)66-49(55-32)46(50(67)62-66)61-59-39-26-20-36(21-27-39)48-57-44(31-34-16-28-40(29-17-34)63(2)3)52(69)65(48)42-12-8-5-9-13-42/h4-31,70H,1-3H3,(H,62,67)/b43-30+,44-31+,60-58?,61-59?. The van der Waals surface area contributed by atoms with Crippen molar-refractivity contribution in [2.75, 3.05) is 28.8 Å². The first-order valence-electron chi connectivity index (χ1n) is 21.8. The first-order valence-corrected chi connectivity index (χ1v) is 22.2. The topological polar surface area (TPSA) is 189 Å². The molecule has 2 amide bonds. The van der Waals surface area contributed by atoms with Crippen molar-refractivity contribution in [1.82, 2.24) is 14.6 Å². The molecule has 0 fully saturated rings. The van der Waals surface area contributed by atoms with Crippen LogP contribution in [0, 0.1) is 6.92 Å². The van der Waals surface area contributed by atoms with E-state index < -0.39 is 11.8 Å². The fourth-order valence-electron chi connectivity index (χ4n) is 7.69. The van der Waals surface area contributed by atoms with Crippen LogP contribution in [0.4, 0.5) is 39.8 Å². The third-order valence-electron chi connectivity index (χ3n) is 11.3. The minimum absolute atomic E-state index is 0.00856. The van der Waals surface area contributed by atoms with Gasteiger partial charge in [-0.25, -0.2) is 15.0 Å². The highest BCUT2D eigenvalue weighted by Gasteiger charge is 2.34. The number of fused-ring (bicyclic) bond motifs is 1. The van der Waals surface area contributed by atoms with Gasteiger partial charge in [-0.05, 0) is 127 Å². The van der Waals surface area contributed by atoms with Crippen molar-refractivity contribution in [3.8, 4) is 11.8 Å². The number of carbonyl (C=O) groups is 2. The van der Waals surface area contributed by atoms with Gasteiger partial charge in [-0.2, -0.15) is 14.7 Å². The number of rotatable bonds is 11. The number of amides is 2. The maximum atomic E-state index is 13.9. The highest BCUT2D eigenvalue weighted by molar-refractivity contribution is 6.34. The van der Waals surface area contributed by atoms with Gasteiger partial charge >= 0.3 is 0 Å². The summed E-state index contributed by atoms with van der Waals surface area (Å²) in [6.45, 7) is 1.63. The molecule has 0 bridgehead atoms. The van der Waals surface area contributed by atoms with Crippen LogP contribution in [-0.4, -0.2) is 62.4 Å². The molecular weight excluding hydrogens is 904 g/mol. The lowest BCUT2D eigenvalue weighted by Crippen LogP contribution is -2.32. The Morgan fingerprint density at radius 1 is 0.571 bits per heavy atom. The Hall–Kier alpha value is -9.41. The van der Waals surface area contributed by atoms with Crippen molar-refractivity contribution in [2.24, 2.45) is 30.4 Å². The van der Waals surface area contributed by atoms with Gasteiger partial charge in [0.05, 0.1) is 28.4 Å². The van der Waals surface area contributed by atoms with E-state index in [4.69, 9.17) is 21.6 Å². The predicted molar refractivity (Wildman–Crippen MR) is 271 cm³/mol. The van der Waals surface area contributed by atoms with Gasteiger partial charge in [0.15, 0.2) is 17.0 Å². The number of halogens is 1. The molecule has 16 nitrogen and oxygen atoms in total. The molecule has 2 aromatic heterocycles. The molecular formula is C53H39ClN12O4. The van der Waals surface area contributed by atoms with Crippen LogP contribution in [0.3, 0.4) is 0 Å². The van der Waals surface area contributed by atoms with E-state index in [1.54, 1.807) is 89.5 Å². The molecule has 0 spiro atoms. The van der Waals surface area contributed by atoms with Gasteiger partial charge in [-0.15, -0.1) is 15.3 Å². The van der Waals surface area contributed by atoms with Crippen molar-refractivity contribution >= 4 is 92.7 Å². The Morgan fingerprint density at radius 2 is 1.03 bits per heavy atom. The van der Waals surface area contributed by atoms with Gasteiger partial charge in [0.2, 0.25) is 5.88 Å². The van der Waals surface area contributed by atoms with Crippen LogP contribution in [0.2, 0.25) is 5.02 Å². The Morgan fingerprint density at radius 3 is 1.50 bits per heavy atom. The van der Waals surface area contributed by atoms with Crippen LogP contribution in [0.5, 0.6) is 11.8 Å². The minimum atomic E-state index is -0.524. The fraction of sp³-hybridized carbons (Fsp3) is 0.0566. The van der Waals surface area contributed by atoms with E-state index in [0.717, 1.165) is 21.3 Å². The quantitative estimate of drug-likeness (QED) is 0.0952. The van der Waals surface area contributed by atoms with E-state index in [1.165, 1.54) is 0 Å². The number of azo groups is 2. The number of hydrogen-bond acceptors (Lipinski definition) is 13. The minimum Gasteiger partial charge on any atom is -0.492 e. The fourth-order valence-corrected chi connectivity index (χ4v) is 7.81. The average Bonchev–Trinajstić information content (AvgIpc) is 4.00. The maximum absolute atomic E-state index is 13.9. The molecule has 2 aliphatic heterocycles. The average molecular weight is 943 g/mol. The third-order valence-corrected chi connectivity index (χ3v) is 11.5. The number of para-hydroxylation sites is 2. The number of aromatic hydroxyl groups is 2. The van der Waals surface area contributed by atoms with E-state index in [-0.39, 0.29) is 45.9 Å². The second-order valence-electron chi connectivity index (χ2n) is 16.2. The molecule has 0 saturated heterocycles. The predicted octanol–water partition coefficient (Wildman–Crippen LogP) is 11.7. The van der Waals surface area contributed by atoms with Crippen LogP contribution >= 0.6 is 11.6 Å². The van der Waals surface area contributed by atoms with Crippen molar-refractivity contribution in [2.45, 2.75) is 6.92 Å². The summed E-state index contributed by atoms with van der Waals surface area (Å²) in [6, 6.07) is 47.5. The van der Waals surface area contributed by atoms with Crippen LogP contribution in [0.25, 0.3) is 17.8 Å². The molecule has 10 rings (SSSR count). The molecule has 0 unspecified atom stereocenters. The number of anilines is 3. The molecule has 70 heavy (non-hydrogen) atoms. The van der Waals surface area contributed by atoms with E-state index in [9.17, 15) is 19.8 Å². The number of aliphatic imine (C=N–C) groups is 2. The van der Waals surface area contributed by atoms with E-state index >= 15 is 0 Å². The summed E-state index contributed by atoms with van der Waals surface area (Å²) in [4.78, 5) is 46.8. The summed E-state index contributed by atoms with van der Waals surface area (Å²) >= 11 is 6.08. The Labute approximate surface area is 405 Å². The van der Waals surface area contributed by atoms with Gasteiger partial charge in [0, 0.05) is 35.9 Å². The molecule has 0 radical (unpaired) electrons. The van der Waals surface area contributed by atoms with Crippen molar-refractivity contribution in [3.63, 3.8) is 0 Å². The normalized spacial score (nSPS) is 15.1. The van der Waals surface area contributed by atoms with Gasteiger partial charge < -0.3 is 15.1 Å². The summed E-state index contributed by atoms with van der Waals surface area (Å²) in [6.07, 6.45) is 3.48. The highest BCUT2D eigenvalue weighted by Crippen LogP contribution is 2.39. The Balaban J connectivity index is 0.880. The Bertz CT molecular complexity index is 3520. The third kappa shape index (κ3) is 8.80. The second kappa shape index (κ2) is 18.7. The Kier molecular flexibility index (Phi) is 11.9. The number of amidine groups is 2. The second-order valence-corrected chi connectivity index (χ2v) is 16.6. The SMILES string of the molecule is Cc1nc2c(N=Nc3ccc(C4=N/C(=C/c5ccc(N(C)C)cc5)C(=O)N4c4ccccc4)cc3)c(O)nn2c(O)c1N=Nc1ccc(C2=N/C(=C/c3ccc(Cl)cc3)C(=O)N2c2ccccc2)cc1. The molecule has 342 valence electrons. The van der Waals surface area contributed by atoms with Gasteiger partial charge in [0.25, 0.3) is 17.7 Å². The monoisotopic (exact) mass is 942 g/mol. The molecule has 0 atom stereocenters.